The number of piperazine rings is 1. The molecule has 2 N–H and O–H groups in total. The number of carbonyl (C=O) groups excluding carboxylic acids is 5. The Balaban J connectivity index is 0.000000314. The molecule has 3 aliphatic heterocycles. The maximum absolute atomic E-state index is 15.6. The quantitative estimate of drug-likeness (QED) is 0.0812. The standard InChI is InChI=1S/C24H32F2NO5PS3.C12H23NO.C10H18N2O2/c1-22(2,3)20(29)34-11-9-31-33(32-10-12-35-21(30)23(4,5)6)24(25,26)16-7-8-17-15(13-16)14-18(36-17)19(27)28;1-11(5-4-10-14)7-8-12-6-3-9-13(12)2;13-9-11-3-5-12(6-4-11)10-1-7-14-8-2-10/h7-8,13-14H,9-12H2,1-6H3,(H2,27,28);10-12H,3-9H2,1-2H3;9-10H,1-8H2/t;11-,12?;/m.1./s1. The van der Waals surface area contributed by atoms with Crippen molar-refractivity contribution < 1.29 is 46.5 Å². The summed E-state index contributed by atoms with van der Waals surface area (Å²) in [6, 6.07) is 7.08. The molecule has 0 saturated carbocycles. The van der Waals surface area contributed by atoms with Crippen molar-refractivity contribution in [3.8, 4) is 0 Å². The van der Waals surface area contributed by atoms with E-state index in [0.717, 1.165) is 119 Å². The number of primary amides is 1. The first-order valence-electron chi connectivity index (χ1n) is 22.4. The van der Waals surface area contributed by atoms with Crippen LogP contribution in [0.25, 0.3) is 10.1 Å². The van der Waals surface area contributed by atoms with Crippen molar-refractivity contribution in [3.63, 3.8) is 0 Å². The van der Waals surface area contributed by atoms with E-state index in [-0.39, 0.29) is 45.4 Å². The highest BCUT2D eigenvalue weighted by molar-refractivity contribution is 8.14. The number of halogens is 2. The molecular weight excluding hydrogens is 902 g/mol. The third-order valence-electron chi connectivity index (χ3n) is 11.3. The summed E-state index contributed by atoms with van der Waals surface area (Å²) in [5.74, 6) is 0.506. The molecule has 1 unspecified atom stereocenters. The van der Waals surface area contributed by atoms with E-state index < -0.39 is 30.8 Å². The van der Waals surface area contributed by atoms with Crippen LogP contribution in [0.1, 0.15) is 115 Å². The number of fused-ring (bicyclic) bond motifs is 1. The number of aldehydes is 1. The van der Waals surface area contributed by atoms with Crippen molar-refractivity contribution in [1.29, 1.82) is 0 Å². The molecule has 1 aromatic carbocycles. The molecule has 5 rings (SSSR count). The van der Waals surface area contributed by atoms with Gasteiger partial charge in [-0.05, 0) is 88.0 Å². The van der Waals surface area contributed by atoms with Gasteiger partial charge < -0.3 is 34.1 Å². The van der Waals surface area contributed by atoms with Crippen molar-refractivity contribution in [3.05, 3.63) is 34.7 Å². The Labute approximate surface area is 394 Å². The summed E-state index contributed by atoms with van der Waals surface area (Å²) in [5, 5.41) is 0.348. The van der Waals surface area contributed by atoms with Crippen LogP contribution < -0.4 is 5.73 Å². The van der Waals surface area contributed by atoms with E-state index in [4.69, 9.17) is 19.5 Å². The maximum atomic E-state index is 15.6. The Bertz CT molecular complexity index is 1730. The van der Waals surface area contributed by atoms with Crippen LogP contribution in [0.15, 0.2) is 24.3 Å². The fraction of sp³-hybridized carbons (Fsp3) is 0.717. The second-order valence-electron chi connectivity index (χ2n) is 18.7. The third-order valence-corrected chi connectivity index (χ3v) is 16.4. The van der Waals surface area contributed by atoms with E-state index in [1.165, 1.54) is 56.5 Å². The molecule has 64 heavy (non-hydrogen) atoms. The Morgan fingerprint density at radius 1 is 0.906 bits per heavy atom. The first kappa shape index (κ1) is 56.2. The third kappa shape index (κ3) is 19.3. The van der Waals surface area contributed by atoms with Gasteiger partial charge in [-0.15, -0.1) is 11.3 Å². The SMILES string of the molecule is CC(C)(C)C(=O)SCCOP(OCCSC(=O)C(C)(C)C)C(F)(F)c1ccc2sc(C(N)=O)cc2c1.C[C@H](CCC=O)CCC1CCCN1C.O=CN1CCN(C2CCOCC2)CC1. The zero-order chi connectivity index (χ0) is 47.5. The lowest BCUT2D eigenvalue weighted by Gasteiger charge is -2.39. The van der Waals surface area contributed by atoms with Gasteiger partial charge in [0.1, 0.15) is 6.29 Å². The Morgan fingerprint density at radius 2 is 1.50 bits per heavy atom. The molecule has 0 radical (unpaired) electrons. The molecule has 18 heteroatoms. The van der Waals surface area contributed by atoms with Crippen molar-refractivity contribution >= 4 is 82.2 Å². The number of alkyl halides is 2. The second-order valence-corrected chi connectivity index (χ2v) is 23.5. The van der Waals surface area contributed by atoms with Crippen LogP contribution >= 0.6 is 43.2 Å². The summed E-state index contributed by atoms with van der Waals surface area (Å²) in [5.41, 5.74) is 0.428. The van der Waals surface area contributed by atoms with Gasteiger partial charge in [-0.2, -0.15) is 8.78 Å². The van der Waals surface area contributed by atoms with E-state index in [2.05, 4.69) is 23.8 Å². The first-order valence-corrected chi connectivity index (χ1v) is 26.4. The highest BCUT2D eigenvalue weighted by Crippen LogP contribution is 2.60. The van der Waals surface area contributed by atoms with Gasteiger partial charge in [-0.3, -0.25) is 24.1 Å². The second kappa shape index (κ2) is 27.7. The first-order chi connectivity index (χ1) is 30.2. The average Bonchev–Trinajstić information content (AvgIpc) is 3.89. The number of nitrogens with zero attached hydrogens (tertiary/aromatic N) is 3. The average molecular weight is 975 g/mol. The molecule has 0 aliphatic carbocycles. The molecule has 0 bridgehead atoms. The number of amides is 2. The number of hydrogen-bond donors (Lipinski definition) is 1. The van der Waals surface area contributed by atoms with E-state index in [0.29, 0.717) is 22.0 Å². The van der Waals surface area contributed by atoms with Gasteiger partial charge in [0, 0.05) is 90.5 Å². The van der Waals surface area contributed by atoms with Crippen LogP contribution in [0.4, 0.5) is 8.78 Å². The van der Waals surface area contributed by atoms with Crippen molar-refractivity contribution in [2.24, 2.45) is 22.5 Å². The number of thioether (sulfide) groups is 2. The largest absolute Gasteiger partial charge is 0.381 e. The zero-order valence-electron chi connectivity index (χ0n) is 39.2. The molecule has 0 spiro atoms. The number of carbonyl (C=O) groups is 5. The summed E-state index contributed by atoms with van der Waals surface area (Å²) < 4.78 is 48.2. The van der Waals surface area contributed by atoms with Gasteiger partial charge in [-0.25, -0.2) is 0 Å². The van der Waals surface area contributed by atoms with Crippen molar-refractivity contribution in [2.45, 2.75) is 118 Å². The minimum atomic E-state index is -3.48. The van der Waals surface area contributed by atoms with Gasteiger partial charge >= 0.3 is 5.66 Å². The van der Waals surface area contributed by atoms with E-state index in [1.54, 1.807) is 41.5 Å². The summed E-state index contributed by atoms with van der Waals surface area (Å²) in [6.45, 7) is 19.7. The lowest BCUT2D eigenvalue weighted by molar-refractivity contribution is -0.120. The minimum Gasteiger partial charge on any atom is -0.381 e. The highest BCUT2D eigenvalue weighted by Gasteiger charge is 2.45. The van der Waals surface area contributed by atoms with Crippen LogP contribution in [0, 0.1) is 16.7 Å². The predicted octanol–water partition coefficient (Wildman–Crippen LogP) is 9.42. The summed E-state index contributed by atoms with van der Waals surface area (Å²) in [6.07, 6.45) is 11.4. The molecule has 2 aromatic rings. The van der Waals surface area contributed by atoms with Gasteiger partial charge in [-0.1, -0.05) is 78.1 Å². The molecule has 12 nitrogen and oxygen atoms in total. The number of thiophene rings is 1. The maximum Gasteiger partial charge on any atom is 0.339 e. The van der Waals surface area contributed by atoms with Crippen LogP contribution in [0.5, 0.6) is 0 Å². The minimum absolute atomic E-state index is 0.0617. The Kier molecular flexibility index (Phi) is 24.3. The molecule has 2 atom stereocenters. The van der Waals surface area contributed by atoms with Crippen LogP contribution in [0.3, 0.4) is 0 Å². The monoisotopic (exact) mass is 974 g/mol. The van der Waals surface area contributed by atoms with Crippen LogP contribution in [-0.2, 0) is 38.6 Å². The number of hydrogen-bond acceptors (Lipinski definition) is 13. The van der Waals surface area contributed by atoms with E-state index >= 15 is 8.78 Å². The zero-order valence-corrected chi connectivity index (χ0v) is 42.6. The normalized spacial score (nSPS) is 18.5. The van der Waals surface area contributed by atoms with Gasteiger partial charge in [0.05, 0.1) is 18.1 Å². The molecule has 1 aromatic heterocycles. The Morgan fingerprint density at radius 3 is 2.00 bits per heavy atom. The number of ether oxygens (including phenoxy) is 1. The fourth-order valence-electron chi connectivity index (χ4n) is 7.17. The lowest BCUT2D eigenvalue weighted by atomic mass is 9.96. The lowest BCUT2D eigenvalue weighted by Crippen LogP contribution is -2.51. The fourth-order valence-corrected chi connectivity index (χ4v) is 11.2. The van der Waals surface area contributed by atoms with Crippen LogP contribution in [-0.4, -0.2) is 133 Å². The number of rotatable bonds is 19. The molecule has 3 aliphatic rings. The van der Waals surface area contributed by atoms with E-state index in [1.807, 2.05) is 4.90 Å². The Hall–Kier alpha value is -2.08. The molecular formula is C46H73F2N4O8PS3. The smallest absolute Gasteiger partial charge is 0.339 e. The number of likely N-dealkylation sites (tertiary alicyclic amines) is 1. The topological polar surface area (TPSA) is 149 Å². The molecule has 362 valence electrons. The predicted molar refractivity (Wildman–Crippen MR) is 259 cm³/mol. The van der Waals surface area contributed by atoms with Crippen molar-refractivity contribution in [1.82, 2.24) is 14.7 Å². The number of nitrogens with two attached hydrogens (primary N) is 1. The summed E-state index contributed by atoms with van der Waals surface area (Å²) in [4.78, 5) is 63.6. The van der Waals surface area contributed by atoms with Gasteiger partial charge in [0.2, 0.25) is 6.41 Å². The molecule has 2 amide bonds. The van der Waals surface area contributed by atoms with Gasteiger partial charge in [0.15, 0.2) is 10.2 Å². The molecule has 4 heterocycles. The van der Waals surface area contributed by atoms with E-state index in [9.17, 15) is 24.0 Å². The van der Waals surface area contributed by atoms with Crippen molar-refractivity contribution in [2.75, 3.05) is 77.7 Å². The summed E-state index contributed by atoms with van der Waals surface area (Å²) >= 11 is 3.19. The highest BCUT2D eigenvalue weighted by atomic mass is 32.2. The number of benzene rings is 1. The molecule has 3 fully saturated rings. The van der Waals surface area contributed by atoms with Gasteiger partial charge in [0.25, 0.3) is 14.3 Å². The van der Waals surface area contributed by atoms with Crippen LogP contribution in [0.2, 0.25) is 0 Å². The molecule has 3 saturated heterocycles. The summed E-state index contributed by atoms with van der Waals surface area (Å²) in [7, 11) is -0.500.